The highest BCUT2D eigenvalue weighted by atomic mass is 16.5. The van der Waals surface area contributed by atoms with Crippen LogP contribution in [0.4, 0.5) is 0 Å². The summed E-state index contributed by atoms with van der Waals surface area (Å²) in [5, 5.41) is 3.11. The molecule has 1 N–H and O–H groups in total. The Morgan fingerprint density at radius 2 is 1.81 bits per heavy atom. The van der Waals surface area contributed by atoms with Crippen LogP contribution in [0.3, 0.4) is 0 Å². The Kier molecular flexibility index (Phi) is 4.94. The highest BCUT2D eigenvalue weighted by molar-refractivity contribution is 5.78. The topological polar surface area (TPSA) is 47.6 Å². The zero-order chi connectivity index (χ0) is 18.9. The Hall–Kier alpha value is -2.49. The smallest absolute Gasteiger partial charge is 0.258 e. The van der Waals surface area contributed by atoms with E-state index >= 15 is 0 Å². The molecule has 1 heterocycles. The standard InChI is InChI=1S/C22H27NO3/c1-14-6-7-18-19(12-22(4,5)26-20(18)11-14)23-21(24)13-25-17-9-15(2)8-16(3)10-17/h6-11,19H,12-13H2,1-5H3,(H,23,24). The Morgan fingerprint density at radius 1 is 1.12 bits per heavy atom. The van der Waals surface area contributed by atoms with Gasteiger partial charge in [0.15, 0.2) is 6.61 Å². The molecule has 1 atom stereocenters. The largest absolute Gasteiger partial charge is 0.487 e. The molecule has 1 aliphatic rings. The number of rotatable bonds is 4. The van der Waals surface area contributed by atoms with E-state index in [4.69, 9.17) is 9.47 Å². The number of hydrogen-bond donors (Lipinski definition) is 1. The van der Waals surface area contributed by atoms with E-state index in [2.05, 4.69) is 11.4 Å². The van der Waals surface area contributed by atoms with E-state index in [-0.39, 0.29) is 24.2 Å². The molecule has 2 aromatic carbocycles. The lowest BCUT2D eigenvalue weighted by Gasteiger charge is -2.38. The summed E-state index contributed by atoms with van der Waals surface area (Å²) in [7, 11) is 0. The maximum absolute atomic E-state index is 12.5. The lowest BCUT2D eigenvalue weighted by Crippen LogP contribution is -2.42. The first-order chi connectivity index (χ1) is 12.2. The number of carbonyl (C=O) groups excluding carboxylic acids is 1. The summed E-state index contributed by atoms with van der Waals surface area (Å²) in [6, 6.07) is 12.0. The predicted octanol–water partition coefficient (Wildman–Crippen LogP) is 4.41. The van der Waals surface area contributed by atoms with Crippen LogP contribution in [0.5, 0.6) is 11.5 Å². The molecule has 26 heavy (non-hydrogen) atoms. The van der Waals surface area contributed by atoms with Crippen LogP contribution in [0.1, 0.15) is 48.6 Å². The average molecular weight is 353 g/mol. The van der Waals surface area contributed by atoms with Crippen molar-refractivity contribution in [2.75, 3.05) is 6.61 Å². The molecule has 4 nitrogen and oxygen atoms in total. The van der Waals surface area contributed by atoms with E-state index in [0.29, 0.717) is 0 Å². The maximum atomic E-state index is 12.5. The molecule has 0 saturated carbocycles. The third-order valence-electron chi connectivity index (χ3n) is 4.53. The van der Waals surface area contributed by atoms with Crippen molar-refractivity contribution >= 4 is 5.91 Å². The van der Waals surface area contributed by atoms with Gasteiger partial charge in [-0.2, -0.15) is 0 Å². The third kappa shape index (κ3) is 4.37. The highest BCUT2D eigenvalue weighted by Gasteiger charge is 2.34. The molecule has 0 spiro atoms. The van der Waals surface area contributed by atoms with Crippen LogP contribution in [0, 0.1) is 20.8 Å². The van der Waals surface area contributed by atoms with E-state index in [0.717, 1.165) is 40.2 Å². The minimum Gasteiger partial charge on any atom is -0.487 e. The average Bonchev–Trinajstić information content (AvgIpc) is 2.50. The molecule has 0 radical (unpaired) electrons. The summed E-state index contributed by atoms with van der Waals surface area (Å²) < 4.78 is 11.8. The monoisotopic (exact) mass is 353 g/mol. The van der Waals surface area contributed by atoms with E-state index in [1.807, 2.05) is 65.0 Å². The molecule has 0 aromatic heterocycles. The molecule has 2 aromatic rings. The summed E-state index contributed by atoms with van der Waals surface area (Å²) in [5.41, 5.74) is 4.08. The van der Waals surface area contributed by atoms with Gasteiger partial charge >= 0.3 is 0 Å². The SMILES string of the molecule is Cc1cc(C)cc(OCC(=O)NC2CC(C)(C)Oc3cc(C)ccc32)c1. The van der Waals surface area contributed by atoms with Crippen LogP contribution >= 0.6 is 0 Å². The number of carbonyl (C=O) groups is 1. The van der Waals surface area contributed by atoms with Gasteiger partial charge in [0.2, 0.25) is 0 Å². The number of aryl methyl sites for hydroxylation is 3. The van der Waals surface area contributed by atoms with Crippen LogP contribution in [0.25, 0.3) is 0 Å². The van der Waals surface area contributed by atoms with Crippen molar-refractivity contribution < 1.29 is 14.3 Å². The molecular formula is C22H27NO3. The van der Waals surface area contributed by atoms with Crippen LogP contribution in [-0.4, -0.2) is 18.1 Å². The second-order valence-corrected chi connectivity index (χ2v) is 7.84. The fourth-order valence-electron chi connectivity index (χ4n) is 3.49. The van der Waals surface area contributed by atoms with Gasteiger partial charge in [-0.15, -0.1) is 0 Å². The normalized spacial score (nSPS) is 17.8. The lowest BCUT2D eigenvalue weighted by atomic mass is 9.89. The highest BCUT2D eigenvalue weighted by Crippen LogP contribution is 2.39. The lowest BCUT2D eigenvalue weighted by molar-refractivity contribution is -0.124. The summed E-state index contributed by atoms with van der Waals surface area (Å²) in [4.78, 5) is 12.5. The van der Waals surface area contributed by atoms with Gasteiger partial charge in [0.05, 0.1) is 6.04 Å². The van der Waals surface area contributed by atoms with Crippen molar-refractivity contribution in [1.29, 1.82) is 0 Å². The predicted molar refractivity (Wildman–Crippen MR) is 103 cm³/mol. The number of nitrogens with one attached hydrogen (secondary N) is 1. The quantitative estimate of drug-likeness (QED) is 0.886. The second-order valence-electron chi connectivity index (χ2n) is 7.84. The molecule has 0 bridgehead atoms. The molecule has 1 unspecified atom stereocenters. The summed E-state index contributed by atoms with van der Waals surface area (Å²) in [5.74, 6) is 1.45. The van der Waals surface area contributed by atoms with E-state index in [1.54, 1.807) is 0 Å². The zero-order valence-corrected chi connectivity index (χ0v) is 16.2. The van der Waals surface area contributed by atoms with Crippen LogP contribution in [0.15, 0.2) is 36.4 Å². The molecule has 1 aliphatic heterocycles. The van der Waals surface area contributed by atoms with Gasteiger partial charge in [-0.3, -0.25) is 4.79 Å². The molecule has 3 rings (SSSR count). The Balaban J connectivity index is 1.69. The summed E-state index contributed by atoms with van der Waals surface area (Å²) in [6.45, 7) is 10.2. The first-order valence-electron chi connectivity index (χ1n) is 9.02. The van der Waals surface area contributed by atoms with Crippen molar-refractivity contribution in [2.45, 2.75) is 52.7 Å². The Bertz CT molecular complexity index is 806. The van der Waals surface area contributed by atoms with E-state index < -0.39 is 0 Å². The fraction of sp³-hybridized carbons (Fsp3) is 0.409. The van der Waals surface area contributed by atoms with E-state index in [9.17, 15) is 4.79 Å². The first-order valence-corrected chi connectivity index (χ1v) is 9.02. The van der Waals surface area contributed by atoms with Gasteiger partial charge in [-0.25, -0.2) is 0 Å². The second kappa shape index (κ2) is 7.02. The van der Waals surface area contributed by atoms with Crippen LogP contribution < -0.4 is 14.8 Å². The number of ether oxygens (including phenoxy) is 2. The van der Waals surface area contributed by atoms with Gasteiger partial charge in [0.25, 0.3) is 5.91 Å². The fourth-order valence-corrected chi connectivity index (χ4v) is 3.49. The Labute approximate surface area is 155 Å². The molecule has 1 amide bonds. The molecule has 0 saturated heterocycles. The van der Waals surface area contributed by atoms with Crippen molar-refractivity contribution in [3.63, 3.8) is 0 Å². The molecule has 138 valence electrons. The molecule has 4 heteroatoms. The third-order valence-corrected chi connectivity index (χ3v) is 4.53. The van der Waals surface area contributed by atoms with Gasteiger partial charge < -0.3 is 14.8 Å². The molecule has 0 fully saturated rings. The van der Waals surface area contributed by atoms with Crippen molar-refractivity contribution in [3.05, 3.63) is 58.7 Å². The minimum atomic E-state index is -0.326. The molecule has 0 aliphatic carbocycles. The van der Waals surface area contributed by atoms with E-state index in [1.165, 1.54) is 0 Å². The van der Waals surface area contributed by atoms with Gasteiger partial charge in [-0.05, 0) is 69.5 Å². The van der Waals surface area contributed by atoms with Gasteiger partial charge in [0.1, 0.15) is 17.1 Å². The van der Waals surface area contributed by atoms with Crippen LogP contribution in [-0.2, 0) is 4.79 Å². The Morgan fingerprint density at radius 3 is 2.50 bits per heavy atom. The number of amides is 1. The number of benzene rings is 2. The number of fused-ring (bicyclic) bond motifs is 1. The van der Waals surface area contributed by atoms with Crippen molar-refractivity contribution in [1.82, 2.24) is 5.32 Å². The summed E-state index contributed by atoms with van der Waals surface area (Å²) in [6.07, 6.45) is 0.721. The summed E-state index contributed by atoms with van der Waals surface area (Å²) >= 11 is 0. The zero-order valence-electron chi connectivity index (χ0n) is 16.2. The minimum absolute atomic E-state index is 0.00186. The van der Waals surface area contributed by atoms with Crippen molar-refractivity contribution in [3.8, 4) is 11.5 Å². The maximum Gasteiger partial charge on any atom is 0.258 e. The number of hydrogen-bond acceptors (Lipinski definition) is 3. The molecular weight excluding hydrogens is 326 g/mol. The van der Waals surface area contributed by atoms with Crippen LogP contribution in [0.2, 0.25) is 0 Å². The van der Waals surface area contributed by atoms with Crippen molar-refractivity contribution in [2.24, 2.45) is 0 Å². The first kappa shape index (κ1) is 18.3. The van der Waals surface area contributed by atoms with Gasteiger partial charge in [-0.1, -0.05) is 18.2 Å². The van der Waals surface area contributed by atoms with Gasteiger partial charge in [0, 0.05) is 12.0 Å².